The van der Waals surface area contributed by atoms with E-state index in [1.807, 2.05) is 25.1 Å². The molecule has 0 aliphatic heterocycles. The smallest absolute Gasteiger partial charge is 0.334 e. The Labute approximate surface area is 119 Å². The summed E-state index contributed by atoms with van der Waals surface area (Å²) in [6.07, 6.45) is 3.55. The van der Waals surface area contributed by atoms with Crippen LogP contribution in [0.15, 0.2) is 17.7 Å². The van der Waals surface area contributed by atoms with Gasteiger partial charge in [-0.05, 0) is 42.2 Å². The number of aryl methyl sites for hydroxylation is 1. The van der Waals surface area contributed by atoms with Crippen molar-refractivity contribution in [3.8, 4) is 0 Å². The van der Waals surface area contributed by atoms with Crippen LogP contribution in [0.25, 0.3) is 6.08 Å². The summed E-state index contributed by atoms with van der Waals surface area (Å²) in [4.78, 5) is 11.7. The summed E-state index contributed by atoms with van der Waals surface area (Å²) >= 11 is 0. The average Bonchev–Trinajstić information content (AvgIpc) is 2.71. The number of esters is 1. The lowest BCUT2D eigenvalue weighted by Gasteiger charge is -2.08. The Hall–Kier alpha value is -1.62. The lowest BCUT2D eigenvalue weighted by Crippen LogP contribution is -2.07. The van der Waals surface area contributed by atoms with Gasteiger partial charge >= 0.3 is 5.97 Å². The molecule has 2 rings (SSSR count). The topological polar surface area (TPSA) is 60.4 Å². The Balaban J connectivity index is 2.29. The third kappa shape index (κ3) is 3.28. The predicted molar refractivity (Wildman–Crippen MR) is 78.0 cm³/mol. The fraction of sp³-hybridized carbons (Fsp3) is 0.400. The van der Waals surface area contributed by atoms with E-state index < -0.39 is 9.84 Å². The van der Waals surface area contributed by atoms with Crippen molar-refractivity contribution in [2.75, 3.05) is 12.9 Å². The molecule has 0 spiro atoms. The first-order chi connectivity index (χ1) is 9.30. The molecule has 0 aromatic heterocycles. The monoisotopic (exact) mass is 294 g/mol. The molecule has 4 nitrogen and oxygen atoms in total. The van der Waals surface area contributed by atoms with Gasteiger partial charge < -0.3 is 4.74 Å². The number of benzene rings is 1. The molecular formula is C15H18O4S. The van der Waals surface area contributed by atoms with Gasteiger partial charge in [0.2, 0.25) is 0 Å². The zero-order valence-electron chi connectivity index (χ0n) is 11.9. The molecule has 0 atom stereocenters. The molecule has 1 aromatic rings. The van der Waals surface area contributed by atoms with E-state index in [9.17, 15) is 13.2 Å². The molecule has 0 bridgehead atoms. The maximum Gasteiger partial charge on any atom is 0.334 e. The minimum Gasteiger partial charge on any atom is -0.463 e. The zero-order valence-corrected chi connectivity index (χ0v) is 12.7. The number of fused-ring (bicyclic) bond motifs is 1. The summed E-state index contributed by atoms with van der Waals surface area (Å²) in [5.41, 5.74) is 4.30. The van der Waals surface area contributed by atoms with Crippen molar-refractivity contribution in [2.45, 2.75) is 26.0 Å². The predicted octanol–water partition coefficient (Wildman–Crippen LogP) is 2.04. The quantitative estimate of drug-likeness (QED) is 0.797. The van der Waals surface area contributed by atoms with Crippen LogP contribution in [0, 0.1) is 6.92 Å². The lowest BCUT2D eigenvalue weighted by atomic mass is 10.0. The van der Waals surface area contributed by atoms with Crippen LogP contribution in [0.4, 0.5) is 0 Å². The largest absolute Gasteiger partial charge is 0.463 e. The number of hydrogen-bond acceptors (Lipinski definition) is 4. The second-order valence-electron chi connectivity index (χ2n) is 5.11. The molecule has 0 fully saturated rings. The number of carbonyl (C=O) groups is 1. The van der Waals surface area contributed by atoms with Gasteiger partial charge in [0.15, 0.2) is 9.84 Å². The number of hydrogen-bond donors (Lipinski definition) is 0. The van der Waals surface area contributed by atoms with E-state index in [1.54, 1.807) is 6.92 Å². The van der Waals surface area contributed by atoms with Crippen LogP contribution in [0.2, 0.25) is 0 Å². The highest BCUT2D eigenvalue weighted by molar-refractivity contribution is 7.89. The molecule has 0 unspecified atom stereocenters. The van der Waals surface area contributed by atoms with Crippen LogP contribution < -0.4 is 0 Å². The highest BCUT2D eigenvalue weighted by Crippen LogP contribution is 2.29. The summed E-state index contributed by atoms with van der Waals surface area (Å²) in [7, 11) is -3.06. The van der Waals surface area contributed by atoms with Crippen LogP contribution in [0.3, 0.4) is 0 Å². The highest BCUT2D eigenvalue weighted by Gasteiger charge is 2.21. The molecule has 0 radical (unpaired) electrons. The Morgan fingerprint density at radius 3 is 2.65 bits per heavy atom. The van der Waals surface area contributed by atoms with Gasteiger partial charge in [-0.2, -0.15) is 0 Å². The molecule has 1 aromatic carbocycles. The van der Waals surface area contributed by atoms with Crippen LogP contribution in [0.1, 0.15) is 29.2 Å². The molecule has 20 heavy (non-hydrogen) atoms. The van der Waals surface area contributed by atoms with Gasteiger partial charge in [-0.1, -0.05) is 12.1 Å². The Morgan fingerprint density at radius 1 is 1.35 bits per heavy atom. The van der Waals surface area contributed by atoms with Gasteiger partial charge in [0, 0.05) is 18.2 Å². The summed E-state index contributed by atoms with van der Waals surface area (Å²) in [5, 5.41) is 0. The van der Waals surface area contributed by atoms with Crippen molar-refractivity contribution in [1.82, 2.24) is 0 Å². The first-order valence-corrected chi connectivity index (χ1v) is 8.54. The van der Waals surface area contributed by atoms with E-state index in [0.29, 0.717) is 18.6 Å². The molecule has 0 amide bonds. The molecular weight excluding hydrogens is 276 g/mol. The summed E-state index contributed by atoms with van der Waals surface area (Å²) in [5.74, 6) is -0.271. The van der Waals surface area contributed by atoms with E-state index in [1.165, 1.54) is 6.26 Å². The third-order valence-corrected chi connectivity index (χ3v) is 4.10. The Morgan fingerprint density at radius 2 is 2.05 bits per heavy atom. The van der Waals surface area contributed by atoms with E-state index in [0.717, 1.165) is 22.3 Å². The molecule has 1 aliphatic rings. The SMILES string of the molecule is CCOC(=O)C1=Cc2cc(C)c(CS(C)(=O)=O)cc2C1. The average molecular weight is 294 g/mol. The van der Waals surface area contributed by atoms with Crippen LogP contribution in [-0.2, 0) is 31.5 Å². The standard InChI is InChI=1S/C15H18O4S/c1-4-19-15(16)13-6-11-5-10(2)14(8-12(11)7-13)9-20(3,17)18/h5-6,8H,4,7,9H2,1-3H3. The van der Waals surface area contributed by atoms with E-state index >= 15 is 0 Å². The van der Waals surface area contributed by atoms with Gasteiger partial charge in [0.1, 0.15) is 0 Å². The fourth-order valence-corrected chi connectivity index (χ4v) is 3.23. The van der Waals surface area contributed by atoms with Gasteiger partial charge in [-0.15, -0.1) is 0 Å². The van der Waals surface area contributed by atoms with Crippen LogP contribution >= 0.6 is 0 Å². The summed E-state index contributed by atoms with van der Waals surface area (Å²) < 4.78 is 27.8. The number of sulfone groups is 1. The van der Waals surface area contributed by atoms with Gasteiger partial charge in [0.05, 0.1) is 12.4 Å². The van der Waals surface area contributed by atoms with Gasteiger partial charge in [-0.3, -0.25) is 0 Å². The van der Waals surface area contributed by atoms with Crippen molar-refractivity contribution in [3.05, 3.63) is 40.0 Å². The minimum absolute atomic E-state index is 0.0286. The van der Waals surface area contributed by atoms with Crippen molar-refractivity contribution in [3.63, 3.8) is 0 Å². The minimum atomic E-state index is -3.06. The molecule has 5 heteroatoms. The van der Waals surface area contributed by atoms with Gasteiger partial charge in [0.25, 0.3) is 0 Å². The van der Waals surface area contributed by atoms with Crippen molar-refractivity contribution in [2.24, 2.45) is 0 Å². The maximum atomic E-state index is 11.7. The van der Waals surface area contributed by atoms with Crippen LogP contribution in [0.5, 0.6) is 0 Å². The second-order valence-corrected chi connectivity index (χ2v) is 7.25. The van der Waals surface area contributed by atoms with E-state index in [-0.39, 0.29) is 11.7 Å². The molecule has 0 heterocycles. The van der Waals surface area contributed by atoms with E-state index in [4.69, 9.17) is 4.74 Å². The Kier molecular flexibility index (Phi) is 3.99. The highest BCUT2D eigenvalue weighted by atomic mass is 32.2. The maximum absolute atomic E-state index is 11.7. The number of carbonyl (C=O) groups excluding carboxylic acids is 1. The number of rotatable bonds is 4. The van der Waals surface area contributed by atoms with Crippen molar-refractivity contribution < 1.29 is 17.9 Å². The first-order valence-electron chi connectivity index (χ1n) is 6.48. The van der Waals surface area contributed by atoms with Crippen LogP contribution in [-0.4, -0.2) is 27.2 Å². The van der Waals surface area contributed by atoms with Gasteiger partial charge in [-0.25, -0.2) is 13.2 Å². The van der Waals surface area contributed by atoms with Crippen molar-refractivity contribution in [1.29, 1.82) is 0 Å². The Bertz CT molecular complexity index is 684. The normalized spacial score (nSPS) is 13.8. The second kappa shape index (κ2) is 5.40. The summed E-state index contributed by atoms with van der Waals surface area (Å²) in [6, 6.07) is 3.82. The summed E-state index contributed by atoms with van der Waals surface area (Å²) in [6.45, 7) is 4.01. The first kappa shape index (κ1) is 14.8. The van der Waals surface area contributed by atoms with Crippen molar-refractivity contribution >= 4 is 21.9 Å². The third-order valence-electron chi connectivity index (χ3n) is 3.26. The molecule has 0 saturated carbocycles. The zero-order chi connectivity index (χ0) is 14.9. The molecule has 108 valence electrons. The van der Waals surface area contributed by atoms with E-state index in [2.05, 4.69) is 0 Å². The lowest BCUT2D eigenvalue weighted by molar-refractivity contribution is -0.138. The molecule has 0 saturated heterocycles. The fourth-order valence-electron chi connectivity index (χ4n) is 2.35. The molecule has 1 aliphatic carbocycles. The number of ether oxygens (including phenoxy) is 1. The molecule has 0 N–H and O–H groups in total.